The average Bonchev–Trinajstić information content (AvgIpc) is 2.28. The van der Waals surface area contributed by atoms with E-state index in [0.29, 0.717) is 25.1 Å². The summed E-state index contributed by atoms with van der Waals surface area (Å²) in [5.41, 5.74) is 0.589. The number of amides is 1. The first-order valence-electron chi connectivity index (χ1n) is 4.98. The quantitative estimate of drug-likeness (QED) is 0.812. The van der Waals surface area contributed by atoms with E-state index >= 15 is 0 Å². The van der Waals surface area contributed by atoms with Gasteiger partial charge in [0.15, 0.2) is 0 Å². The molecule has 1 aromatic rings. The molecule has 0 aliphatic heterocycles. The third-order valence-corrected chi connectivity index (χ3v) is 2.62. The van der Waals surface area contributed by atoms with Gasteiger partial charge >= 0.3 is 0 Å². The minimum atomic E-state index is -0.240. The van der Waals surface area contributed by atoms with Crippen LogP contribution < -0.4 is 10.6 Å². The molecular formula is C11H14BrFN2O. The highest BCUT2D eigenvalue weighted by Gasteiger charge is 2.02. The highest BCUT2D eigenvalue weighted by Crippen LogP contribution is 2.15. The summed E-state index contributed by atoms with van der Waals surface area (Å²) in [5.74, 6) is -0.266. The summed E-state index contributed by atoms with van der Waals surface area (Å²) in [6.07, 6.45) is 0.395. The Morgan fingerprint density at radius 1 is 1.50 bits per heavy atom. The third kappa shape index (κ3) is 4.28. The van der Waals surface area contributed by atoms with E-state index in [2.05, 4.69) is 26.6 Å². The molecule has 0 fully saturated rings. The van der Waals surface area contributed by atoms with Crippen molar-refractivity contribution >= 4 is 21.8 Å². The lowest BCUT2D eigenvalue weighted by atomic mass is 10.2. The highest BCUT2D eigenvalue weighted by molar-refractivity contribution is 9.10. The fourth-order valence-corrected chi connectivity index (χ4v) is 1.64. The summed E-state index contributed by atoms with van der Waals surface area (Å²) in [5, 5.41) is 5.54. The fraction of sp³-hybridized carbons (Fsp3) is 0.364. The molecule has 0 aromatic heterocycles. The van der Waals surface area contributed by atoms with Gasteiger partial charge in [0.1, 0.15) is 5.82 Å². The first-order valence-corrected chi connectivity index (χ1v) is 5.78. The number of rotatable bonds is 5. The van der Waals surface area contributed by atoms with E-state index in [1.54, 1.807) is 19.2 Å². The second-order valence-electron chi connectivity index (χ2n) is 3.34. The monoisotopic (exact) mass is 288 g/mol. The Kier molecular flexibility index (Phi) is 5.42. The van der Waals surface area contributed by atoms with Crippen molar-refractivity contribution in [2.24, 2.45) is 0 Å². The van der Waals surface area contributed by atoms with E-state index in [4.69, 9.17) is 0 Å². The zero-order valence-corrected chi connectivity index (χ0v) is 10.6. The molecule has 5 heteroatoms. The number of hydrogen-bond donors (Lipinski definition) is 2. The average molecular weight is 289 g/mol. The van der Waals surface area contributed by atoms with Gasteiger partial charge in [-0.1, -0.05) is 15.9 Å². The van der Waals surface area contributed by atoms with E-state index < -0.39 is 0 Å². The van der Waals surface area contributed by atoms with Crippen LogP contribution >= 0.6 is 15.9 Å². The standard InChI is InChI=1S/C11H14BrFN2O/c1-14-11(16)4-5-15-7-8-6-9(12)2-3-10(8)13/h2-3,6,15H,4-5,7H2,1H3,(H,14,16). The Balaban J connectivity index is 2.37. The second kappa shape index (κ2) is 6.60. The number of halogens is 2. The molecule has 0 unspecified atom stereocenters. The summed E-state index contributed by atoms with van der Waals surface area (Å²) in [4.78, 5) is 10.9. The number of carbonyl (C=O) groups is 1. The lowest BCUT2D eigenvalue weighted by molar-refractivity contribution is -0.120. The van der Waals surface area contributed by atoms with Gasteiger partial charge in [-0.15, -0.1) is 0 Å². The molecule has 1 amide bonds. The number of nitrogens with one attached hydrogen (secondary N) is 2. The van der Waals surface area contributed by atoms with Gasteiger partial charge in [0, 0.05) is 36.6 Å². The molecule has 0 aliphatic carbocycles. The molecule has 2 N–H and O–H groups in total. The van der Waals surface area contributed by atoms with Crippen molar-refractivity contribution in [1.29, 1.82) is 0 Å². The van der Waals surface area contributed by atoms with Crippen LogP contribution in [0.1, 0.15) is 12.0 Å². The lowest BCUT2D eigenvalue weighted by Crippen LogP contribution is -2.24. The van der Waals surface area contributed by atoms with Crippen LogP contribution in [0.15, 0.2) is 22.7 Å². The van der Waals surface area contributed by atoms with Crippen molar-refractivity contribution in [3.8, 4) is 0 Å². The first-order chi connectivity index (χ1) is 7.63. The molecular weight excluding hydrogens is 275 g/mol. The molecule has 1 aromatic carbocycles. The van der Waals surface area contributed by atoms with Crippen LogP contribution in [0.25, 0.3) is 0 Å². The maximum absolute atomic E-state index is 13.3. The maximum atomic E-state index is 13.3. The van der Waals surface area contributed by atoms with E-state index in [1.165, 1.54) is 6.07 Å². The molecule has 0 saturated carbocycles. The normalized spacial score (nSPS) is 10.2. The van der Waals surface area contributed by atoms with Crippen molar-refractivity contribution in [2.75, 3.05) is 13.6 Å². The molecule has 0 saturated heterocycles. The minimum absolute atomic E-state index is 0.0257. The third-order valence-electron chi connectivity index (χ3n) is 2.13. The number of hydrogen-bond acceptors (Lipinski definition) is 2. The van der Waals surface area contributed by atoms with Gasteiger partial charge in [-0.05, 0) is 18.2 Å². The van der Waals surface area contributed by atoms with Crippen LogP contribution in [0.5, 0.6) is 0 Å². The fourth-order valence-electron chi connectivity index (χ4n) is 1.23. The molecule has 16 heavy (non-hydrogen) atoms. The topological polar surface area (TPSA) is 41.1 Å². The van der Waals surface area contributed by atoms with Crippen molar-refractivity contribution in [3.05, 3.63) is 34.1 Å². The molecule has 0 radical (unpaired) electrons. The van der Waals surface area contributed by atoms with Crippen LogP contribution in [0, 0.1) is 5.82 Å². The summed E-state index contributed by atoms with van der Waals surface area (Å²) in [7, 11) is 1.59. The van der Waals surface area contributed by atoms with Gasteiger partial charge in [-0.3, -0.25) is 4.79 Å². The first kappa shape index (κ1) is 13.1. The maximum Gasteiger partial charge on any atom is 0.221 e. The minimum Gasteiger partial charge on any atom is -0.359 e. The Hall–Kier alpha value is -0.940. The smallest absolute Gasteiger partial charge is 0.221 e. The van der Waals surface area contributed by atoms with Crippen LogP contribution in [-0.4, -0.2) is 19.5 Å². The largest absolute Gasteiger partial charge is 0.359 e. The summed E-state index contributed by atoms with van der Waals surface area (Å²) >= 11 is 3.28. The van der Waals surface area contributed by atoms with E-state index in [9.17, 15) is 9.18 Å². The van der Waals surface area contributed by atoms with Gasteiger partial charge in [0.05, 0.1) is 0 Å². The van der Waals surface area contributed by atoms with Crippen molar-refractivity contribution in [3.63, 3.8) is 0 Å². The van der Waals surface area contributed by atoms with Crippen molar-refractivity contribution in [1.82, 2.24) is 10.6 Å². The molecule has 0 bridgehead atoms. The Morgan fingerprint density at radius 2 is 2.25 bits per heavy atom. The number of carbonyl (C=O) groups excluding carboxylic acids is 1. The van der Waals surface area contributed by atoms with E-state index in [-0.39, 0.29) is 11.7 Å². The van der Waals surface area contributed by atoms with Gasteiger partial charge in [0.2, 0.25) is 5.91 Å². The zero-order chi connectivity index (χ0) is 12.0. The Bertz CT molecular complexity index is 371. The SMILES string of the molecule is CNC(=O)CCNCc1cc(Br)ccc1F. The predicted molar refractivity (Wildman–Crippen MR) is 64.5 cm³/mol. The summed E-state index contributed by atoms with van der Waals surface area (Å²) in [6, 6.07) is 4.80. The molecule has 0 atom stereocenters. The summed E-state index contributed by atoms with van der Waals surface area (Å²) < 4.78 is 14.1. The molecule has 0 heterocycles. The van der Waals surface area contributed by atoms with Crippen LogP contribution in [0.3, 0.4) is 0 Å². The molecule has 3 nitrogen and oxygen atoms in total. The molecule has 0 aliphatic rings. The molecule has 1 rings (SSSR count). The van der Waals surface area contributed by atoms with Gasteiger partial charge in [-0.2, -0.15) is 0 Å². The Morgan fingerprint density at radius 3 is 2.94 bits per heavy atom. The van der Waals surface area contributed by atoms with Gasteiger partial charge < -0.3 is 10.6 Å². The predicted octanol–water partition coefficient (Wildman–Crippen LogP) is 1.81. The molecule has 0 spiro atoms. The van der Waals surface area contributed by atoms with E-state index in [1.807, 2.05) is 0 Å². The molecule has 88 valence electrons. The zero-order valence-electron chi connectivity index (χ0n) is 9.02. The lowest BCUT2D eigenvalue weighted by Gasteiger charge is -2.06. The van der Waals surface area contributed by atoms with Crippen LogP contribution in [0.4, 0.5) is 4.39 Å². The van der Waals surface area contributed by atoms with E-state index in [0.717, 1.165) is 4.47 Å². The van der Waals surface area contributed by atoms with Crippen molar-refractivity contribution < 1.29 is 9.18 Å². The number of benzene rings is 1. The Labute approximate surface area is 103 Å². The van der Waals surface area contributed by atoms with Crippen molar-refractivity contribution in [2.45, 2.75) is 13.0 Å². The van der Waals surface area contributed by atoms with Crippen LogP contribution in [0.2, 0.25) is 0 Å². The van der Waals surface area contributed by atoms with Crippen LogP contribution in [-0.2, 0) is 11.3 Å². The van der Waals surface area contributed by atoms with Gasteiger partial charge in [0.25, 0.3) is 0 Å². The highest BCUT2D eigenvalue weighted by atomic mass is 79.9. The summed E-state index contributed by atoms with van der Waals surface area (Å²) in [6.45, 7) is 0.952. The second-order valence-corrected chi connectivity index (χ2v) is 4.25. The van der Waals surface area contributed by atoms with Gasteiger partial charge in [-0.25, -0.2) is 4.39 Å².